The van der Waals surface area contributed by atoms with Gasteiger partial charge in [-0.25, -0.2) is 0 Å². The van der Waals surface area contributed by atoms with E-state index < -0.39 is 5.92 Å². The Morgan fingerprint density at radius 3 is 2.62 bits per heavy atom. The number of nitrogens with zero attached hydrogens (tertiary/aromatic N) is 3. The molecule has 1 heterocycles. The van der Waals surface area contributed by atoms with Crippen LogP contribution in [0.1, 0.15) is 5.56 Å². The van der Waals surface area contributed by atoms with Gasteiger partial charge in [-0.2, -0.15) is 10.5 Å². The van der Waals surface area contributed by atoms with Crippen LogP contribution in [-0.2, 0) is 13.5 Å². The van der Waals surface area contributed by atoms with Gasteiger partial charge in [0.2, 0.25) is 0 Å². The second kappa shape index (κ2) is 4.08. The fourth-order valence-corrected chi connectivity index (χ4v) is 1.93. The molecule has 0 amide bonds. The molecule has 2 rings (SSSR count). The van der Waals surface area contributed by atoms with Crippen LogP contribution < -0.4 is 0 Å². The number of para-hydroxylation sites is 1. The molecular weight excluding hydrogens is 198 g/mol. The molecule has 0 fully saturated rings. The molecule has 0 atom stereocenters. The Kier molecular flexibility index (Phi) is 2.62. The van der Waals surface area contributed by atoms with Crippen molar-refractivity contribution in [1.29, 1.82) is 10.5 Å². The first-order valence-electron chi connectivity index (χ1n) is 5.08. The minimum Gasteiger partial charge on any atom is -0.350 e. The van der Waals surface area contributed by atoms with Crippen LogP contribution >= 0.6 is 0 Å². The highest BCUT2D eigenvalue weighted by molar-refractivity contribution is 5.83. The van der Waals surface area contributed by atoms with E-state index in [4.69, 9.17) is 10.5 Å². The molecule has 0 bridgehead atoms. The second-order valence-electron chi connectivity index (χ2n) is 3.80. The quantitative estimate of drug-likeness (QED) is 0.762. The summed E-state index contributed by atoms with van der Waals surface area (Å²) in [4.78, 5) is 0. The third-order valence-electron chi connectivity index (χ3n) is 2.72. The van der Waals surface area contributed by atoms with Gasteiger partial charge >= 0.3 is 0 Å². The molecule has 16 heavy (non-hydrogen) atoms. The Balaban J connectivity index is 2.47. The lowest BCUT2D eigenvalue weighted by atomic mass is 10.0. The van der Waals surface area contributed by atoms with Crippen molar-refractivity contribution in [2.75, 3.05) is 0 Å². The van der Waals surface area contributed by atoms with E-state index in [2.05, 4.69) is 0 Å². The van der Waals surface area contributed by atoms with Crippen molar-refractivity contribution in [3.63, 3.8) is 0 Å². The van der Waals surface area contributed by atoms with Gasteiger partial charge in [-0.3, -0.25) is 0 Å². The smallest absolute Gasteiger partial charge is 0.137 e. The lowest BCUT2D eigenvalue weighted by molar-refractivity contribution is 0.831. The van der Waals surface area contributed by atoms with Crippen molar-refractivity contribution < 1.29 is 0 Å². The number of nitriles is 2. The molecule has 1 aromatic heterocycles. The van der Waals surface area contributed by atoms with E-state index in [0.29, 0.717) is 6.42 Å². The average molecular weight is 209 g/mol. The Bertz CT molecular complexity index is 582. The molecular formula is C13H11N3. The maximum Gasteiger partial charge on any atom is 0.137 e. The van der Waals surface area contributed by atoms with Gasteiger partial charge in [0.1, 0.15) is 5.92 Å². The number of rotatable bonds is 2. The van der Waals surface area contributed by atoms with Crippen LogP contribution in [-0.4, -0.2) is 4.57 Å². The van der Waals surface area contributed by atoms with Gasteiger partial charge < -0.3 is 4.57 Å². The topological polar surface area (TPSA) is 52.5 Å². The van der Waals surface area contributed by atoms with Crippen molar-refractivity contribution >= 4 is 10.9 Å². The highest BCUT2D eigenvalue weighted by Gasteiger charge is 2.11. The molecule has 3 heteroatoms. The van der Waals surface area contributed by atoms with Crippen molar-refractivity contribution in [3.05, 3.63) is 36.0 Å². The minimum absolute atomic E-state index is 0.494. The number of aromatic nitrogens is 1. The summed E-state index contributed by atoms with van der Waals surface area (Å²) < 4.78 is 2.02. The molecule has 0 saturated heterocycles. The van der Waals surface area contributed by atoms with Gasteiger partial charge in [0.25, 0.3) is 0 Å². The second-order valence-corrected chi connectivity index (χ2v) is 3.80. The Hall–Kier alpha value is -2.26. The van der Waals surface area contributed by atoms with E-state index >= 15 is 0 Å². The van der Waals surface area contributed by atoms with Crippen molar-refractivity contribution in [2.24, 2.45) is 13.0 Å². The maximum atomic E-state index is 8.79. The Labute approximate surface area is 94.1 Å². The number of fused-ring (bicyclic) bond motifs is 1. The SMILES string of the molecule is Cn1cc(CC(C#N)C#N)c2ccccc21. The molecule has 0 spiro atoms. The lowest BCUT2D eigenvalue weighted by Crippen LogP contribution is -1.97. The summed E-state index contributed by atoms with van der Waals surface area (Å²) in [6.45, 7) is 0. The van der Waals surface area contributed by atoms with E-state index in [9.17, 15) is 0 Å². The summed E-state index contributed by atoms with van der Waals surface area (Å²) in [7, 11) is 1.97. The number of benzene rings is 1. The van der Waals surface area contributed by atoms with Crippen molar-refractivity contribution in [1.82, 2.24) is 4.57 Å². The van der Waals surface area contributed by atoms with Crippen LogP contribution in [0.3, 0.4) is 0 Å². The van der Waals surface area contributed by atoms with Gasteiger partial charge in [-0.05, 0) is 11.6 Å². The monoisotopic (exact) mass is 209 g/mol. The predicted octanol–water partition coefficient (Wildman–Crippen LogP) is 2.38. The van der Waals surface area contributed by atoms with Crippen LogP contribution in [0.15, 0.2) is 30.5 Å². The molecule has 0 saturated carbocycles. The molecule has 78 valence electrons. The summed E-state index contributed by atoms with van der Waals surface area (Å²) in [6.07, 6.45) is 2.49. The van der Waals surface area contributed by atoms with Gasteiger partial charge in [0.05, 0.1) is 12.1 Å². The zero-order valence-corrected chi connectivity index (χ0v) is 9.01. The molecule has 0 aliphatic heterocycles. The minimum atomic E-state index is -0.564. The first-order valence-corrected chi connectivity index (χ1v) is 5.08. The number of aryl methyl sites for hydroxylation is 1. The van der Waals surface area contributed by atoms with Gasteiger partial charge in [-0.1, -0.05) is 18.2 Å². The van der Waals surface area contributed by atoms with E-state index in [1.165, 1.54) is 0 Å². The van der Waals surface area contributed by atoms with Crippen LogP contribution in [0, 0.1) is 28.6 Å². The molecule has 2 aromatic rings. The zero-order chi connectivity index (χ0) is 11.5. The lowest BCUT2D eigenvalue weighted by Gasteiger charge is -1.97. The molecule has 3 nitrogen and oxygen atoms in total. The zero-order valence-electron chi connectivity index (χ0n) is 9.01. The van der Waals surface area contributed by atoms with Crippen LogP contribution in [0.4, 0.5) is 0 Å². The van der Waals surface area contributed by atoms with E-state index in [1.54, 1.807) is 0 Å². The van der Waals surface area contributed by atoms with Crippen molar-refractivity contribution in [2.45, 2.75) is 6.42 Å². The van der Waals surface area contributed by atoms with Crippen LogP contribution in [0.25, 0.3) is 10.9 Å². The molecule has 0 N–H and O–H groups in total. The van der Waals surface area contributed by atoms with Crippen LogP contribution in [0.2, 0.25) is 0 Å². The highest BCUT2D eigenvalue weighted by atomic mass is 14.9. The molecule has 0 aliphatic rings. The Morgan fingerprint density at radius 2 is 1.94 bits per heavy atom. The van der Waals surface area contributed by atoms with Crippen LogP contribution in [0.5, 0.6) is 0 Å². The third kappa shape index (κ3) is 1.64. The van der Waals surface area contributed by atoms with E-state index in [0.717, 1.165) is 16.5 Å². The fourth-order valence-electron chi connectivity index (χ4n) is 1.93. The normalized spacial score (nSPS) is 10.2. The number of hydrogen-bond acceptors (Lipinski definition) is 2. The maximum absolute atomic E-state index is 8.79. The summed E-state index contributed by atoms with van der Waals surface area (Å²) in [6, 6.07) is 12.0. The summed E-state index contributed by atoms with van der Waals surface area (Å²) in [5, 5.41) is 18.7. The fraction of sp³-hybridized carbons (Fsp3) is 0.231. The number of hydrogen-bond donors (Lipinski definition) is 0. The predicted molar refractivity (Wildman–Crippen MR) is 61.3 cm³/mol. The molecule has 0 aliphatic carbocycles. The van der Waals surface area contributed by atoms with E-state index in [1.807, 2.05) is 54.2 Å². The molecule has 1 aromatic carbocycles. The summed E-state index contributed by atoms with van der Waals surface area (Å²) in [5.74, 6) is -0.564. The largest absolute Gasteiger partial charge is 0.350 e. The molecule has 0 unspecified atom stereocenters. The third-order valence-corrected chi connectivity index (χ3v) is 2.72. The van der Waals surface area contributed by atoms with E-state index in [-0.39, 0.29) is 0 Å². The Morgan fingerprint density at radius 1 is 1.25 bits per heavy atom. The summed E-state index contributed by atoms with van der Waals surface area (Å²) >= 11 is 0. The first kappa shape index (κ1) is 10.3. The van der Waals surface area contributed by atoms with Crippen molar-refractivity contribution in [3.8, 4) is 12.1 Å². The first-order chi connectivity index (χ1) is 7.76. The van der Waals surface area contributed by atoms with Gasteiger partial charge in [0.15, 0.2) is 0 Å². The van der Waals surface area contributed by atoms with Gasteiger partial charge in [0, 0.05) is 30.6 Å². The highest BCUT2D eigenvalue weighted by Crippen LogP contribution is 2.22. The summed E-state index contributed by atoms with van der Waals surface area (Å²) in [5.41, 5.74) is 2.19. The molecule has 0 radical (unpaired) electrons. The average Bonchev–Trinajstić information content (AvgIpc) is 2.64. The van der Waals surface area contributed by atoms with Gasteiger partial charge in [-0.15, -0.1) is 0 Å². The standard InChI is InChI=1S/C13H11N3/c1-16-9-11(6-10(7-14)8-15)12-4-2-3-5-13(12)16/h2-5,9-10H,6H2,1H3.